The lowest BCUT2D eigenvalue weighted by atomic mass is 10.1. The van der Waals surface area contributed by atoms with Gasteiger partial charge in [0, 0.05) is 11.6 Å². The van der Waals surface area contributed by atoms with Gasteiger partial charge in [0.25, 0.3) is 0 Å². The van der Waals surface area contributed by atoms with E-state index in [9.17, 15) is 4.79 Å². The van der Waals surface area contributed by atoms with E-state index in [4.69, 9.17) is 0 Å². The van der Waals surface area contributed by atoms with Crippen LogP contribution in [0.15, 0.2) is 18.2 Å². The number of fused-ring (bicyclic) bond motifs is 1. The van der Waals surface area contributed by atoms with Crippen LogP contribution in [0.4, 0.5) is 5.69 Å². The maximum Gasteiger partial charge on any atom is 0.227 e. The largest absolute Gasteiger partial charge is 0.326 e. The van der Waals surface area contributed by atoms with Crippen LogP contribution in [0.5, 0.6) is 0 Å². The van der Waals surface area contributed by atoms with Crippen LogP contribution in [-0.4, -0.2) is 5.91 Å². The van der Waals surface area contributed by atoms with E-state index in [2.05, 4.69) is 24.4 Å². The summed E-state index contributed by atoms with van der Waals surface area (Å²) >= 11 is 0. The van der Waals surface area contributed by atoms with E-state index in [1.165, 1.54) is 30.4 Å². The first-order chi connectivity index (χ1) is 7.74. The zero-order valence-corrected chi connectivity index (χ0v) is 9.62. The fraction of sp³-hybridized carbons (Fsp3) is 0.500. The van der Waals surface area contributed by atoms with Crippen molar-refractivity contribution in [3.63, 3.8) is 0 Å². The van der Waals surface area contributed by atoms with Gasteiger partial charge >= 0.3 is 0 Å². The molecule has 0 aromatic heterocycles. The topological polar surface area (TPSA) is 29.1 Å². The van der Waals surface area contributed by atoms with Gasteiger partial charge in [-0.05, 0) is 54.9 Å². The zero-order valence-electron chi connectivity index (χ0n) is 9.62. The lowest BCUT2D eigenvalue weighted by Gasteiger charge is -2.06. The van der Waals surface area contributed by atoms with Gasteiger partial charge in [0.05, 0.1) is 0 Å². The molecule has 84 valence electrons. The lowest BCUT2D eigenvalue weighted by molar-refractivity contribution is -0.117. The van der Waals surface area contributed by atoms with Crippen molar-refractivity contribution in [2.45, 2.75) is 32.6 Å². The van der Waals surface area contributed by atoms with Crippen molar-refractivity contribution >= 4 is 11.6 Å². The molecule has 0 bridgehead atoms. The molecule has 2 aliphatic carbocycles. The third-order valence-corrected chi connectivity index (χ3v) is 3.81. The number of benzene rings is 1. The number of carbonyl (C=O) groups excluding carboxylic acids is 1. The Morgan fingerprint density at radius 3 is 2.81 bits per heavy atom. The molecular formula is C14H17NO. The van der Waals surface area contributed by atoms with Crippen LogP contribution in [0.1, 0.15) is 30.9 Å². The summed E-state index contributed by atoms with van der Waals surface area (Å²) in [7, 11) is 0. The molecule has 1 aromatic rings. The van der Waals surface area contributed by atoms with E-state index in [1.54, 1.807) is 0 Å². The number of rotatable bonds is 2. The van der Waals surface area contributed by atoms with Crippen molar-refractivity contribution in [2.24, 2.45) is 11.8 Å². The van der Waals surface area contributed by atoms with E-state index in [0.29, 0.717) is 5.92 Å². The van der Waals surface area contributed by atoms with Crippen LogP contribution in [0.25, 0.3) is 0 Å². The predicted octanol–water partition coefficient (Wildman–Crippen LogP) is 2.77. The van der Waals surface area contributed by atoms with Crippen molar-refractivity contribution in [2.75, 3.05) is 5.32 Å². The van der Waals surface area contributed by atoms with Crippen LogP contribution in [0.2, 0.25) is 0 Å². The van der Waals surface area contributed by atoms with E-state index in [0.717, 1.165) is 12.1 Å². The minimum atomic E-state index is 0.199. The number of hydrogen-bond donors (Lipinski definition) is 1. The molecule has 3 rings (SSSR count). The molecule has 1 saturated carbocycles. The van der Waals surface area contributed by atoms with Crippen LogP contribution < -0.4 is 5.32 Å². The van der Waals surface area contributed by atoms with Gasteiger partial charge in [0.2, 0.25) is 5.91 Å². The van der Waals surface area contributed by atoms with Crippen LogP contribution in [0, 0.1) is 11.8 Å². The second-order valence-corrected chi connectivity index (χ2v) is 5.15. The average molecular weight is 215 g/mol. The van der Waals surface area contributed by atoms with Crippen molar-refractivity contribution in [3.8, 4) is 0 Å². The summed E-state index contributed by atoms with van der Waals surface area (Å²) in [5.41, 5.74) is 3.85. The Morgan fingerprint density at radius 2 is 2.06 bits per heavy atom. The van der Waals surface area contributed by atoms with Crippen molar-refractivity contribution < 1.29 is 4.79 Å². The third kappa shape index (κ3) is 1.73. The Kier molecular flexibility index (Phi) is 2.23. The first-order valence-corrected chi connectivity index (χ1v) is 6.17. The summed E-state index contributed by atoms with van der Waals surface area (Å²) in [6.07, 6.45) is 4.67. The predicted molar refractivity (Wildman–Crippen MR) is 64.4 cm³/mol. The molecular weight excluding hydrogens is 198 g/mol. The molecule has 2 heteroatoms. The smallest absolute Gasteiger partial charge is 0.227 e. The molecule has 1 aromatic carbocycles. The van der Waals surface area contributed by atoms with Gasteiger partial charge in [-0.15, -0.1) is 0 Å². The first kappa shape index (κ1) is 9.88. The number of carbonyl (C=O) groups is 1. The maximum absolute atomic E-state index is 11.8. The van der Waals surface area contributed by atoms with Crippen molar-refractivity contribution in [1.82, 2.24) is 0 Å². The van der Waals surface area contributed by atoms with Gasteiger partial charge in [-0.2, -0.15) is 0 Å². The van der Waals surface area contributed by atoms with Crippen molar-refractivity contribution in [3.05, 3.63) is 29.3 Å². The highest BCUT2D eigenvalue weighted by Crippen LogP contribution is 2.38. The average Bonchev–Trinajstić information content (AvgIpc) is 2.83. The molecule has 0 saturated heterocycles. The van der Waals surface area contributed by atoms with Gasteiger partial charge in [0.15, 0.2) is 0 Å². The van der Waals surface area contributed by atoms with E-state index in [1.807, 2.05) is 6.07 Å². The van der Waals surface area contributed by atoms with Gasteiger partial charge < -0.3 is 5.32 Å². The zero-order chi connectivity index (χ0) is 11.1. The normalized spacial score (nSPS) is 26.3. The Hall–Kier alpha value is -1.31. The highest BCUT2D eigenvalue weighted by Gasteiger charge is 2.39. The highest BCUT2D eigenvalue weighted by atomic mass is 16.2. The van der Waals surface area contributed by atoms with Gasteiger partial charge in [-0.1, -0.05) is 13.0 Å². The second-order valence-electron chi connectivity index (χ2n) is 5.15. The number of aryl methyl sites for hydroxylation is 2. The van der Waals surface area contributed by atoms with Crippen LogP contribution in [-0.2, 0) is 17.6 Å². The summed E-state index contributed by atoms with van der Waals surface area (Å²) in [5, 5.41) is 3.03. The summed E-state index contributed by atoms with van der Waals surface area (Å²) in [5.74, 6) is 1.04. The summed E-state index contributed by atoms with van der Waals surface area (Å²) in [6.45, 7) is 2.13. The molecule has 0 unspecified atom stereocenters. The Bertz CT molecular complexity index is 438. The first-order valence-electron chi connectivity index (χ1n) is 6.17. The molecule has 1 amide bonds. The molecule has 0 spiro atoms. The molecule has 1 fully saturated rings. The van der Waals surface area contributed by atoms with Crippen LogP contribution >= 0.6 is 0 Å². The molecule has 2 nitrogen and oxygen atoms in total. The fourth-order valence-corrected chi connectivity index (χ4v) is 2.57. The van der Waals surface area contributed by atoms with Gasteiger partial charge in [-0.3, -0.25) is 4.79 Å². The monoisotopic (exact) mass is 215 g/mol. The van der Waals surface area contributed by atoms with Gasteiger partial charge in [0.1, 0.15) is 0 Å². The quantitative estimate of drug-likeness (QED) is 0.807. The molecule has 2 atom stereocenters. The molecule has 2 aliphatic rings. The number of amides is 1. The molecule has 0 heterocycles. The van der Waals surface area contributed by atoms with E-state index in [-0.39, 0.29) is 11.8 Å². The minimum absolute atomic E-state index is 0.199. The Balaban J connectivity index is 1.73. The maximum atomic E-state index is 11.8. The fourth-order valence-electron chi connectivity index (χ4n) is 2.57. The lowest BCUT2D eigenvalue weighted by Crippen LogP contribution is -2.14. The highest BCUT2D eigenvalue weighted by molar-refractivity contribution is 5.94. The number of hydrogen-bond acceptors (Lipinski definition) is 1. The Morgan fingerprint density at radius 1 is 1.31 bits per heavy atom. The molecule has 1 N–H and O–H groups in total. The molecule has 0 aliphatic heterocycles. The standard InChI is InChI=1S/C14H17NO/c1-9-7-13(9)14(16)15-12-6-5-10-3-2-4-11(10)8-12/h5-6,8-9,13H,2-4,7H2,1H3,(H,15,16)/t9-,13+/m0/s1. The third-order valence-electron chi connectivity index (χ3n) is 3.81. The van der Waals surface area contributed by atoms with Crippen molar-refractivity contribution in [1.29, 1.82) is 0 Å². The second kappa shape index (κ2) is 3.62. The summed E-state index contributed by atoms with van der Waals surface area (Å²) < 4.78 is 0. The number of anilines is 1. The number of nitrogens with one attached hydrogen (secondary N) is 1. The van der Waals surface area contributed by atoms with E-state index < -0.39 is 0 Å². The summed E-state index contributed by atoms with van der Waals surface area (Å²) in [4.78, 5) is 11.8. The summed E-state index contributed by atoms with van der Waals surface area (Å²) in [6, 6.07) is 6.34. The Labute approximate surface area is 96.1 Å². The SMILES string of the molecule is C[C@H]1C[C@H]1C(=O)Nc1ccc2c(c1)CCC2. The van der Waals surface area contributed by atoms with E-state index >= 15 is 0 Å². The molecule has 16 heavy (non-hydrogen) atoms. The van der Waals surface area contributed by atoms with Gasteiger partial charge in [-0.25, -0.2) is 0 Å². The van der Waals surface area contributed by atoms with Crippen LogP contribution in [0.3, 0.4) is 0 Å². The molecule has 0 radical (unpaired) electrons. The minimum Gasteiger partial charge on any atom is -0.326 e.